The number of aromatic nitrogens is 2. The predicted molar refractivity (Wildman–Crippen MR) is 70.7 cm³/mol. The predicted octanol–water partition coefficient (Wildman–Crippen LogP) is 1.92. The van der Waals surface area contributed by atoms with Crippen LogP contribution in [0.15, 0.2) is 12.5 Å². The summed E-state index contributed by atoms with van der Waals surface area (Å²) < 4.78 is 8.02. The molecule has 4 nitrogen and oxygen atoms in total. The van der Waals surface area contributed by atoms with Crippen molar-refractivity contribution in [1.82, 2.24) is 14.9 Å². The van der Waals surface area contributed by atoms with E-state index in [0.717, 1.165) is 26.1 Å². The first-order valence-electron chi connectivity index (χ1n) is 7.26. The van der Waals surface area contributed by atoms with Crippen molar-refractivity contribution in [2.75, 3.05) is 19.7 Å². The van der Waals surface area contributed by atoms with Crippen LogP contribution in [0.3, 0.4) is 0 Å². The molecule has 4 heteroatoms. The molecule has 3 rings (SSSR count). The molecule has 2 aliphatic heterocycles. The molecule has 18 heavy (non-hydrogen) atoms. The minimum atomic E-state index is 0.477. The Morgan fingerprint density at radius 1 is 1.39 bits per heavy atom. The fraction of sp³-hybridized carbons (Fsp3) is 0.786. The van der Waals surface area contributed by atoms with E-state index in [-0.39, 0.29) is 0 Å². The number of rotatable bonds is 4. The highest BCUT2D eigenvalue weighted by Crippen LogP contribution is 2.24. The third kappa shape index (κ3) is 2.75. The van der Waals surface area contributed by atoms with E-state index in [9.17, 15) is 0 Å². The van der Waals surface area contributed by atoms with Crippen LogP contribution in [0.4, 0.5) is 0 Å². The van der Waals surface area contributed by atoms with Gasteiger partial charge in [0, 0.05) is 37.5 Å². The Kier molecular flexibility index (Phi) is 3.96. The molecule has 2 atom stereocenters. The SMILES string of the molecule is c1ncn(CCC2CCCO2)c1C1CCCNC1. The topological polar surface area (TPSA) is 39.1 Å². The van der Waals surface area contributed by atoms with E-state index in [1.165, 1.54) is 37.9 Å². The van der Waals surface area contributed by atoms with E-state index >= 15 is 0 Å². The largest absolute Gasteiger partial charge is 0.378 e. The lowest BCUT2D eigenvalue weighted by Crippen LogP contribution is -2.29. The van der Waals surface area contributed by atoms with Crippen LogP contribution in [0.1, 0.15) is 43.7 Å². The van der Waals surface area contributed by atoms with Gasteiger partial charge in [-0.1, -0.05) is 0 Å². The Balaban J connectivity index is 1.59. The molecule has 0 saturated carbocycles. The van der Waals surface area contributed by atoms with Gasteiger partial charge in [-0.2, -0.15) is 0 Å². The van der Waals surface area contributed by atoms with Crippen molar-refractivity contribution in [3.05, 3.63) is 18.2 Å². The number of ether oxygens (including phenoxy) is 1. The summed E-state index contributed by atoms with van der Waals surface area (Å²) in [4.78, 5) is 4.34. The van der Waals surface area contributed by atoms with Crippen LogP contribution >= 0.6 is 0 Å². The molecule has 2 saturated heterocycles. The van der Waals surface area contributed by atoms with Crippen molar-refractivity contribution in [3.63, 3.8) is 0 Å². The van der Waals surface area contributed by atoms with Gasteiger partial charge in [-0.15, -0.1) is 0 Å². The minimum Gasteiger partial charge on any atom is -0.378 e. The first-order valence-corrected chi connectivity index (χ1v) is 7.26. The average Bonchev–Trinajstić information content (AvgIpc) is 3.09. The number of piperidine rings is 1. The molecule has 1 N–H and O–H groups in total. The molecule has 0 amide bonds. The molecule has 1 aromatic heterocycles. The lowest BCUT2D eigenvalue weighted by atomic mass is 9.96. The summed E-state index contributed by atoms with van der Waals surface area (Å²) in [5, 5.41) is 3.48. The van der Waals surface area contributed by atoms with Gasteiger partial charge in [-0.05, 0) is 38.6 Å². The second-order valence-electron chi connectivity index (χ2n) is 5.48. The van der Waals surface area contributed by atoms with Gasteiger partial charge in [-0.3, -0.25) is 0 Å². The van der Waals surface area contributed by atoms with Crippen LogP contribution in [0.5, 0.6) is 0 Å². The first kappa shape index (κ1) is 12.2. The second kappa shape index (κ2) is 5.85. The fourth-order valence-corrected chi connectivity index (χ4v) is 3.12. The van der Waals surface area contributed by atoms with Gasteiger partial charge >= 0.3 is 0 Å². The number of hydrogen-bond donors (Lipinski definition) is 1. The van der Waals surface area contributed by atoms with E-state index < -0.39 is 0 Å². The molecule has 0 aliphatic carbocycles. The maximum absolute atomic E-state index is 5.69. The summed E-state index contributed by atoms with van der Waals surface area (Å²) in [5.41, 5.74) is 1.40. The molecule has 2 unspecified atom stereocenters. The molecule has 0 spiro atoms. The Hall–Kier alpha value is -0.870. The Labute approximate surface area is 109 Å². The smallest absolute Gasteiger partial charge is 0.0948 e. The lowest BCUT2D eigenvalue weighted by molar-refractivity contribution is 0.100. The van der Waals surface area contributed by atoms with E-state index in [0.29, 0.717) is 12.0 Å². The third-order valence-corrected chi connectivity index (χ3v) is 4.18. The molecular formula is C14H23N3O. The fourth-order valence-electron chi connectivity index (χ4n) is 3.12. The number of nitrogens with zero attached hydrogens (tertiary/aromatic N) is 2. The number of imidazole rings is 1. The maximum atomic E-state index is 5.69. The summed E-state index contributed by atoms with van der Waals surface area (Å²) in [7, 11) is 0. The van der Waals surface area contributed by atoms with Crippen LogP contribution in [0.2, 0.25) is 0 Å². The highest BCUT2D eigenvalue weighted by atomic mass is 16.5. The molecule has 0 radical (unpaired) electrons. The standard InChI is InChI=1S/C14H23N3O/c1-3-12(9-15-6-1)14-10-16-11-17(14)7-5-13-4-2-8-18-13/h10-13,15H,1-9H2. The zero-order chi connectivity index (χ0) is 12.2. The van der Waals surface area contributed by atoms with Gasteiger partial charge in [-0.25, -0.2) is 4.98 Å². The number of hydrogen-bond acceptors (Lipinski definition) is 3. The van der Waals surface area contributed by atoms with Crippen molar-refractivity contribution in [3.8, 4) is 0 Å². The molecular weight excluding hydrogens is 226 g/mol. The van der Waals surface area contributed by atoms with E-state index in [4.69, 9.17) is 4.74 Å². The summed E-state index contributed by atoms with van der Waals surface area (Å²) in [6.45, 7) is 4.27. The molecule has 0 bridgehead atoms. The molecule has 100 valence electrons. The molecule has 2 fully saturated rings. The maximum Gasteiger partial charge on any atom is 0.0948 e. The Bertz CT molecular complexity index is 365. The van der Waals surface area contributed by atoms with Crippen molar-refractivity contribution < 1.29 is 4.74 Å². The Morgan fingerprint density at radius 2 is 2.39 bits per heavy atom. The molecule has 2 aliphatic rings. The Morgan fingerprint density at radius 3 is 3.17 bits per heavy atom. The third-order valence-electron chi connectivity index (χ3n) is 4.18. The second-order valence-corrected chi connectivity index (χ2v) is 5.48. The van der Waals surface area contributed by atoms with Gasteiger partial charge in [0.15, 0.2) is 0 Å². The number of aryl methyl sites for hydroxylation is 1. The van der Waals surface area contributed by atoms with Crippen LogP contribution < -0.4 is 5.32 Å². The molecule has 0 aromatic carbocycles. The summed E-state index contributed by atoms with van der Waals surface area (Å²) in [6.07, 6.45) is 10.7. The zero-order valence-corrected chi connectivity index (χ0v) is 11.0. The molecule has 3 heterocycles. The van der Waals surface area contributed by atoms with Crippen LogP contribution in [0, 0.1) is 0 Å². The van der Waals surface area contributed by atoms with Gasteiger partial charge < -0.3 is 14.6 Å². The zero-order valence-electron chi connectivity index (χ0n) is 11.0. The summed E-state index contributed by atoms with van der Waals surface area (Å²) in [6, 6.07) is 0. The summed E-state index contributed by atoms with van der Waals surface area (Å²) in [5.74, 6) is 0.644. The van der Waals surface area contributed by atoms with Crippen LogP contribution in [0.25, 0.3) is 0 Å². The van der Waals surface area contributed by atoms with Crippen molar-refractivity contribution >= 4 is 0 Å². The molecule has 1 aromatic rings. The van der Waals surface area contributed by atoms with Crippen LogP contribution in [-0.4, -0.2) is 35.4 Å². The highest BCUT2D eigenvalue weighted by molar-refractivity contribution is 5.08. The van der Waals surface area contributed by atoms with Gasteiger partial charge in [0.05, 0.1) is 12.4 Å². The number of nitrogens with one attached hydrogen (secondary N) is 1. The summed E-state index contributed by atoms with van der Waals surface area (Å²) >= 11 is 0. The van der Waals surface area contributed by atoms with Crippen molar-refractivity contribution in [1.29, 1.82) is 0 Å². The average molecular weight is 249 g/mol. The van der Waals surface area contributed by atoms with E-state index in [2.05, 4.69) is 14.9 Å². The normalized spacial score (nSPS) is 28.7. The highest BCUT2D eigenvalue weighted by Gasteiger charge is 2.20. The monoisotopic (exact) mass is 249 g/mol. The van der Waals surface area contributed by atoms with Crippen molar-refractivity contribution in [2.45, 2.75) is 50.7 Å². The van der Waals surface area contributed by atoms with Crippen LogP contribution in [-0.2, 0) is 11.3 Å². The minimum absolute atomic E-state index is 0.477. The lowest BCUT2D eigenvalue weighted by Gasteiger charge is -2.24. The quantitative estimate of drug-likeness (QED) is 0.886. The van der Waals surface area contributed by atoms with E-state index in [1.54, 1.807) is 0 Å². The van der Waals surface area contributed by atoms with Gasteiger partial charge in [0.1, 0.15) is 0 Å². The van der Waals surface area contributed by atoms with Crippen molar-refractivity contribution in [2.24, 2.45) is 0 Å². The first-order chi connectivity index (χ1) is 8.93. The van der Waals surface area contributed by atoms with E-state index in [1.807, 2.05) is 12.5 Å². The van der Waals surface area contributed by atoms with Gasteiger partial charge in [0.2, 0.25) is 0 Å². The van der Waals surface area contributed by atoms with Gasteiger partial charge in [0.25, 0.3) is 0 Å².